The fraction of sp³-hybridized carbons (Fsp3) is 0.500. The molecule has 0 fully saturated rings. The molecule has 0 radical (unpaired) electrons. The second kappa shape index (κ2) is 8.70. The van der Waals surface area contributed by atoms with Gasteiger partial charge in [-0.2, -0.15) is 0 Å². The standard InChI is InChI=1S/C14H20N2O2S/c1-3-7-18-10-14(17)16(2)9-12-8-13(19-11-12)5-4-6-15/h8,11H,3,6-7,9-10,15H2,1-2H3. The molecule has 0 aliphatic heterocycles. The van der Waals surface area contributed by atoms with Crippen molar-refractivity contribution in [2.24, 2.45) is 5.73 Å². The van der Waals surface area contributed by atoms with E-state index in [2.05, 4.69) is 11.8 Å². The van der Waals surface area contributed by atoms with Gasteiger partial charge in [-0.05, 0) is 23.4 Å². The van der Waals surface area contributed by atoms with Gasteiger partial charge in [0.05, 0.1) is 11.4 Å². The Morgan fingerprint density at radius 2 is 2.37 bits per heavy atom. The highest BCUT2D eigenvalue weighted by molar-refractivity contribution is 7.10. The SMILES string of the molecule is CCCOCC(=O)N(C)Cc1csc(C#CCN)c1. The van der Waals surface area contributed by atoms with Crippen LogP contribution in [0, 0.1) is 11.8 Å². The topological polar surface area (TPSA) is 55.6 Å². The fourth-order valence-electron chi connectivity index (χ4n) is 1.44. The smallest absolute Gasteiger partial charge is 0.248 e. The molecule has 1 amide bonds. The molecule has 1 aromatic rings. The van der Waals surface area contributed by atoms with Crippen molar-refractivity contribution in [2.45, 2.75) is 19.9 Å². The zero-order valence-electron chi connectivity index (χ0n) is 11.4. The molecule has 1 aromatic heterocycles. The number of hydrogen-bond acceptors (Lipinski definition) is 4. The predicted molar refractivity (Wildman–Crippen MR) is 77.8 cm³/mol. The number of thiophene rings is 1. The molecule has 0 bridgehead atoms. The molecule has 0 saturated heterocycles. The lowest BCUT2D eigenvalue weighted by molar-refractivity contribution is -0.135. The molecule has 0 aromatic carbocycles. The molecule has 1 heterocycles. The Kier molecular flexibility index (Phi) is 7.19. The number of rotatable bonds is 6. The van der Waals surface area contributed by atoms with Crippen molar-refractivity contribution in [3.05, 3.63) is 21.9 Å². The van der Waals surface area contributed by atoms with Gasteiger partial charge in [0.2, 0.25) is 5.91 Å². The number of carbonyl (C=O) groups is 1. The Hall–Kier alpha value is -1.35. The van der Waals surface area contributed by atoms with Crippen LogP contribution in [0.3, 0.4) is 0 Å². The van der Waals surface area contributed by atoms with E-state index in [1.807, 2.05) is 18.4 Å². The molecule has 0 spiro atoms. The monoisotopic (exact) mass is 280 g/mol. The summed E-state index contributed by atoms with van der Waals surface area (Å²) in [5, 5.41) is 2.01. The van der Waals surface area contributed by atoms with Crippen molar-refractivity contribution in [1.29, 1.82) is 0 Å². The molecule has 0 unspecified atom stereocenters. The van der Waals surface area contributed by atoms with E-state index in [1.165, 1.54) is 0 Å². The highest BCUT2D eigenvalue weighted by Crippen LogP contribution is 2.15. The van der Waals surface area contributed by atoms with Crippen LogP contribution in [-0.4, -0.2) is 37.6 Å². The summed E-state index contributed by atoms with van der Waals surface area (Å²) in [6.07, 6.45) is 0.921. The zero-order valence-corrected chi connectivity index (χ0v) is 12.3. The lowest BCUT2D eigenvalue weighted by Gasteiger charge is -2.16. The number of nitrogens with zero attached hydrogens (tertiary/aromatic N) is 1. The van der Waals surface area contributed by atoms with Gasteiger partial charge >= 0.3 is 0 Å². The van der Waals surface area contributed by atoms with Crippen LogP contribution in [-0.2, 0) is 16.1 Å². The number of hydrogen-bond donors (Lipinski definition) is 1. The third-order valence-electron chi connectivity index (χ3n) is 2.39. The number of likely N-dealkylation sites (N-methyl/N-ethyl adjacent to an activating group) is 1. The maximum Gasteiger partial charge on any atom is 0.248 e. The van der Waals surface area contributed by atoms with E-state index < -0.39 is 0 Å². The van der Waals surface area contributed by atoms with E-state index in [9.17, 15) is 4.79 Å². The molecule has 0 saturated carbocycles. The fourth-order valence-corrected chi connectivity index (χ4v) is 2.21. The van der Waals surface area contributed by atoms with Crippen molar-refractivity contribution in [3.8, 4) is 11.8 Å². The first-order valence-corrected chi connectivity index (χ1v) is 7.13. The van der Waals surface area contributed by atoms with Gasteiger partial charge in [0.25, 0.3) is 0 Å². The summed E-state index contributed by atoms with van der Waals surface area (Å²) < 4.78 is 5.24. The van der Waals surface area contributed by atoms with Gasteiger partial charge in [0.15, 0.2) is 0 Å². The Balaban J connectivity index is 2.45. The van der Waals surface area contributed by atoms with Crippen molar-refractivity contribution in [3.63, 3.8) is 0 Å². The van der Waals surface area contributed by atoms with Crippen molar-refractivity contribution in [2.75, 3.05) is 26.8 Å². The van der Waals surface area contributed by atoms with Crippen molar-refractivity contribution < 1.29 is 9.53 Å². The van der Waals surface area contributed by atoms with E-state index in [0.29, 0.717) is 19.7 Å². The molecule has 0 atom stereocenters. The normalized spacial score (nSPS) is 9.84. The lowest BCUT2D eigenvalue weighted by atomic mass is 10.3. The zero-order chi connectivity index (χ0) is 14.1. The molecular formula is C14H20N2O2S. The molecule has 2 N–H and O–H groups in total. The van der Waals surface area contributed by atoms with Gasteiger partial charge in [-0.15, -0.1) is 11.3 Å². The summed E-state index contributed by atoms with van der Waals surface area (Å²) in [6.45, 7) is 3.73. The first-order valence-electron chi connectivity index (χ1n) is 6.25. The molecule has 0 aliphatic carbocycles. The molecule has 1 rings (SSSR count). The van der Waals surface area contributed by atoms with Crippen LogP contribution in [0.5, 0.6) is 0 Å². The van der Waals surface area contributed by atoms with E-state index in [4.69, 9.17) is 10.5 Å². The van der Waals surface area contributed by atoms with Crippen LogP contribution in [0.2, 0.25) is 0 Å². The van der Waals surface area contributed by atoms with Gasteiger partial charge in [-0.1, -0.05) is 18.8 Å². The molecule has 4 nitrogen and oxygen atoms in total. The van der Waals surface area contributed by atoms with Crippen LogP contribution in [0.4, 0.5) is 0 Å². The molecular weight excluding hydrogens is 260 g/mol. The van der Waals surface area contributed by atoms with Crippen LogP contribution in [0.15, 0.2) is 11.4 Å². The molecule has 5 heteroatoms. The summed E-state index contributed by atoms with van der Waals surface area (Å²) in [5.41, 5.74) is 6.41. The van der Waals surface area contributed by atoms with Crippen LogP contribution in [0.1, 0.15) is 23.8 Å². The third kappa shape index (κ3) is 5.88. The summed E-state index contributed by atoms with van der Waals surface area (Å²) in [6, 6.07) is 1.99. The second-order valence-electron chi connectivity index (χ2n) is 4.13. The third-order valence-corrected chi connectivity index (χ3v) is 3.28. The summed E-state index contributed by atoms with van der Waals surface area (Å²) in [7, 11) is 1.78. The van der Waals surface area contributed by atoms with E-state index in [-0.39, 0.29) is 12.5 Å². The Morgan fingerprint density at radius 1 is 1.58 bits per heavy atom. The molecule has 19 heavy (non-hydrogen) atoms. The first-order chi connectivity index (χ1) is 9.17. The Morgan fingerprint density at radius 3 is 3.05 bits per heavy atom. The summed E-state index contributed by atoms with van der Waals surface area (Å²) in [5.74, 6) is 5.80. The second-order valence-corrected chi connectivity index (χ2v) is 5.04. The number of nitrogens with two attached hydrogens (primary N) is 1. The van der Waals surface area contributed by atoms with E-state index >= 15 is 0 Å². The van der Waals surface area contributed by atoms with Crippen molar-refractivity contribution in [1.82, 2.24) is 4.90 Å². The van der Waals surface area contributed by atoms with Gasteiger partial charge in [0.1, 0.15) is 6.61 Å². The van der Waals surface area contributed by atoms with E-state index in [0.717, 1.165) is 16.9 Å². The van der Waals surface area contributed by atoms with Gasteiger partial charge < -0.3 is 15.4 Å². The summed E-state index contributed by atoms with van der Waals surface area (Å²) in [4.78, 5) is 14.4. The lowest BCUT2D eigenvalue weighted by Crippen LogP contribution is -2.29. The highest BCUT2D eigenvalue weighted by atomic mass is 32.1. The van der Waals surface area contributed by atoms with Crippen LogP contribution < -0.4 is 5.73 Å². The number of amides is 1. The average Bonchev–Trinajstić information content (AvgIpc) is 2.84. The predicted octanol–water partition coefficient (Wildman–Crippen LogP) is 1.44. The minimum atomic E-state index is -0.00533. The number of carbonyl (C=O) groups excluding carboxylic acids is 1. The van der Waals surface area contributed by atoms with Crippen LogP contribution >= 0.6 is 11.3 Å². The maximum atomic E-state index is 11.8. The minimum Gasteiger partial charge on any atom is -0.372 e. The Labute approximate surface area is 118 Å². The minimum absolute atomic E-state index is 0.00533. The highest BCUT2D eigenvalue weighted by Gasteiger charge is 2.10. The first kappa shape index (κ1) is 15.7. The molecule has 104 valence electrons. The van der Waals surface area contributed by atoms with Crippen LogP contribution in [0.25, 0.3) is 0 Å². The number of ether oxygens (including phenoxy) is 1. The van der Waals surface area contributed by atoms with Gasteiger partial charge in [-0.3, -0.25) is 4.79 Å². The summed E-state index contributed by atoms with van der Waals surface area (Å²) >= 11 is 1.57. The largest absolute Gasteiger partial charge is 0.372 e. The maximum absolute atomic E-state index is 11.8. The molecule has 0 aliphatic rings. The average molecular weight is 280 g/mol. The van der Waals surface area contributed by atoms with E-state index in [1.54, 1.807) is 23.3 Å². The Bertz CT molecular complexity index is 460. The van der Waals surface area contributed by atoms with Gasteiger partial charge in [-0.25, -0.2) is 0 Å². The van der Waals surface area contributed by atoms with Crippen molar-refractivity contribution >= 4 is 17.2 Å². The quantitative estimate of drug-likeness (QED) is 0.634. The van der Waals surface area contributed by atoms with Gasteiger partial charge in [0, 0.05) is 20.2 Å².